The molecule has 2 amide bonds. The Morgan fingerprint density at radius 3 is 2.74 bits per heavy atom. The van der Waals surface area contributed by atoms with E-state index in [0.29, 0.717) is 12.4 Å². The van der Waals surface area contributed by atoms with Gasteiger partial charge in [-0.15, -0.1) is 0 Å². The molecule has 0 saturated carbocycles. The number of amides is 2. The lowest BCUT2D eigenvalue weighted by Gasteiger charge is -2.26. The molecule has 2 aromatic rings. The van der Waals surface area contributed by atoms with E-state index in [1.165, 1.54) is 11.9 Å². The molecule has 0 radical (unpaired) electrons. The van der Waals surface area contributed by atoms with Crippen molar-refractivity contribution in [3.8, 4) is 5.75 Å². The number of benzene rings is 1. The molecule has 7 heteroatoms. The van der Waals surface area contributed by atoms with Crippen LogP contribution in [0.2, 0.25) is 0 Å². The van der Waals surface area contributed by atoms with E-state index >= 15 is 0 Å². The Labute approximate surface area is 162 Å². The molecule has 1 aromatic heterocycles. The molecule has 2 aliphatic rings. The summed E-state index contributed by atoms with van der Waals surface area (Å²) in [5, 5.41) is -0.758. The Bertz CT molecular complexity index is 845. The van der Waals surface area contributed by atoms with Crippen LogP contribution >= 0.6 is 11.8 Å². The minimum atomic E-state index is -0.533. The third kappa shape index (κ3) is 3.51. The van der Waals surface area contributed by atoms with Gasteiger partial charge < -0.3 is 9.64 Å². The van der Waals surface area contributed by atoms with E-state index in [1.807, 2.05) is 42.5 Å². The van der Waals surface area contributed by atoms with Gasteiger partial charge in [0.2, 0.25) is 5.91 Å². The van der Waals surface area contributed by atoms with Crippen LogP contribution in [-0.2, 0) is 4.79 Å². The van der Waals surface area contributed by atoms with Crippen molar-refractivity contribution >= 4 is 28.7 Å². The molecule has 4 rings (SSSR count). The molecule has 2 atom stereocenters. The number of rotatable bonds is 5. The number of thioether (sulfide) groups is 1. The quantitative estimate of drug-likeness (QED) is 0.788. The van der Waals surface area contributed by atoms with E-state index < -0.39 is 5.25 Å². The number of para-hydroxylation sites is 1. The largest absolute Gasteiger partial charge is 0.491 e. The Balaban J connectivity index is 1.49. The highest BCUT2D eigenvalue weighted by atomic mass is 32.2. The Morgan fingerprint density at radius 1 is 1.19 bits per heavy atom. The lowest BCUT2D eigenvalue weighted by molar-refractivity contribution is -0.125. The number of carbonyl (C=O) groups excluding carboxylic acids is 2. The first-order valence-corrected chi connectivity index (χ1v) is 9.90. The maximum absolute atomic E-state index is 12.4. The lowest BCUT2D eigenvalue weighted by Crippen LogP contribution is -2.34. The fourth-order valence-corrected chi connectivity index (χ4v) is 4.57. The molecule has 0 spiro atoms. The molecule has 27 heavy (non-hydrogen) atoms. The summed E-state index contributed by atoms with van der Waals surface area (Å²) >= 11 is 1.04. The fourth-order valence-electron chi connectivity index (χ4n) is 3.54. The molecule has 1 aromatic carbocycles. The zero-order valence-electron chi connectivity index (χ0n) is 15.1. The molecule has 0 aliphatic carbocycles. The second-order valence-electron chi connectivity index (χ2n) is 6.69. The van der Waals surface area contributed by atoms with Crippen LogP contribution in [0.25, 0.3) is 0 Å². The summed E-state index contributed by atoms with van der Waals surface area (Å²) in [6.07, 6.45) is 3.94. The van der Waals surface area contributed by atoms with Crippen molar-refractivity contribution < 1.29 is 14.3 Å². The molecular weight excluding hydrogens is 362 g/mol. The molecule has 1 unspecified atom stereocenters. The molecule has 6 nitrogen and oxygen atoms in total. The topological polar surface area (TPSA) is 62.7 Å². The SMILES string of the molecule is CN1C(=O)SC(c2ccccc2OC[C@@H]2CCCN2c2ccccn2)C1=O. The zero-order chi connectivity index (χ0) is 18.8. The standard InChI is InChI=1S/C20H21N3O3S/c1-22-19(24)18(27-20(22)25)15-8-2-3-9-16(15)26-13-14-7-6-12-23(14)17-10-4-5-11-21-17/h2-5,8-11,14,18H,6-7,12-13H2,1H3/t14-,18?/m0/s1. The number of hydrogen-bond donors (Lipinski definition) is 0. The van der Waals surface area contributed by atoms with Gasteiger partial charge in [-0.2, -0.15) is 0 Å². The first-order chi connectivity index (χ1) is 13.1. The molecule has 2 saturated heterocycles. The predicted octanol–water partition coefficient (Wildman–Crippen LogP) is 3.50. The number of hydrogen-bond acceptors (Lipinski definition) is 6. The van der Waals surface area contributed by atoms with Crippen LogP contribution in [0.15, 0.2) is 48.7 Å². The summed E-state index contributed by atoms with van der Waals surface area (Å²) in [4.78, 5) is 32.1. The van der Waals surface area contributed by atoms with Gasteiger partial charge >= 0.3 is 0 Å². The van der Waals surface area contributed by atoms with Crippen molar-refractivity contribution in [3.63, 3.8) is 0 Å². The molecule has 2 fully saturated rings. The average molecular weight is 383 g/mol. The van der Waals surface area contributed by atoms with Crippen molar-refractivity contribution in [1.82, 2.24) is 9.88 Å². The molecule has 140 valence electrons. The number of ether oxygens (including phenoxy) is 1. The van der Waals surface area contributed by atoms with Crippen molar-refractivity contribution in [2.45, 2.75) is 24.1 Å². The van der Waals surface area contributed by atoms with Crippen molar-refractivity contribution in [3.05, 3.63) is 54.2 Å². The van der Waals surface area contributed by atoms with Crippen LogP contribution in [0.1, 0.15) is 23.7 Å². The van der Waals surface area contributed by atoms with E-state index in [9.17, 15) is 9.59 Å². The van der Waals surface area contributed by atoms with Crippen LogP contribution in [0.4, 0.5) is 10.6 Å². The van der Waals surface area contributed by atoms with E-state index in [1.54, 1.807) is 6.20 Å². The minimum absolute atomic E-state index is 0.197. The first kappa shape index (κ1) is 17.9. The second-order valence-corrected chi connectivity index (χ2v) is 7.74. The van der Waals surface area contributed by atoms with E-state index in [2.05, 4.69) is 9.88 Å². The molecule has 0 N–H and O–H groups in total. The number of aromatic nitrogens is 1. The Kier molecular flexibility index (Phi) is 5.03. The number of anilines is 1. The third-order valence-corrected chi connectivity index (χ3v) is 6.17. The summed E-state index contributed by atoms with van der Waals surface area (Å²) in [6, 6.07) is 13.6. The number of pyridine rings is 1. The van der Waals surface area contributed by atoms with Crippen LogP contribution in [0, 0.1) is 0 Å². The van der Waals surface area contributed by atoms with Gasteiger partial charge in [0.05, 0.1) is 6.04 Å². The summed E-state index contributed by atoms with van der Waals surface area (Å²) < 4.78 is 6.14. The highest BCUT2D eigenvalue weighted by molar-refractivity contribution is 8.15. The van der Waals surface area contributed by atoms with Gasteiger partial charge in [-0.05, 0) is 42.8 Å². The zero-order valence-corrected chi connectivity index (χ0v) is 15.9. The van der Waals surface area contributed by atoms with Gasteiger partial charge in [-0.1, -0.05) is 24.3 Å². The summed E-state index contributed by atoms with van der Waals surface area (Å²) in [6.45, 7) is 1.48. The van der Waals surface area contributed by atoms with E-state index in [0.717, 1.165) is 42.5 Å². The highest BCUT2D eigenvalue weighted by Crippen LogP contribution is 2.42. The van der Waals surface area contributed by atoms with Crippen LogP contribution in [0.5, 0.6) is 5.75 Å². The maximum atomic E-state index is 12.4. The van der Waals surface area contributed by atoms with Crippen molar-refractivity contribution in [2.75, 3.05) is 25.1 Å². The molecule has 3 heterocycles. The van der Waals surface area contributed by atoms with Crippen LogP contribution in [-0.4, -0.2) is 47.3 Å². The van der Waals surface area contributed by atoms with E-state index in [-0.39, 0.29) is 17.2 Å². The minimum Gasteiger partial charge on any atom is -0.491 e. The number of imide groups is 1. The number of carbonyl (C=O) groups is 2. The molecular formula is C20H21N3O3S. The number of nitrogens with zero attached hydrogens (tertiary/aromatic N) is 3. The van der Waals surface area contributed by atoms with Gasteiger partial charge in [0, 0.05) is 25.4 Å². The van der Waals surface area contributed by atoms with E-state index in [4.69, 9.17) is 4.74 Å². The predicted molar refractivity (Wildman–Crippen MR) is 105 cm³/mol. The number of likely N-dealkylation sites (N-methyl/N-ethyl adjacent to an activating group) is 1. The van der Waals surface area contributed by atoms with Crippen molar-refractivity contribution in [1.29, 1.82) is 0 Å². The summed E-state index contributed by atoms with van der Waals surface area (Å²) in [5.74, 6) is 1.43. The van der Waals surface area contributed by atoms with Gasteiger partial charge in [0.1, 0.15) is 23.4 Å². The maximum Gasteiger partial charge on any atom is 0.289 e. The Hall–Kier alpha value is -2.54. The van der Waals surface area contributed by atoms with Crippen LogP contribution in [0.3, 0.4) is 0 Å². The van der Waals surface area contributed by atoms with Gasteiger partial charge in [-0.3, -0.25) is 14.5 Å². The summed E-state index contributed by atoms with van der Waals surface area (Å²) in [5.41, 5.74) is 0.757. The lowest BCUT2D eigenvalue weighted by atomic mass is 10.1. The van der Waals surface area contributed by atoms with Gasteiger partial charge in [0.25, 0.3) is 5.24 Å². The average Bonchev–Trinajstić information content (AvgIpc) is 3.27. The molecule has 0 bridgehead atoms. The smallest absolute Gasteiger partial charge is 0.289 e. The first-order valence-electron chi connectivity index (χ1n) is 9.03. The van der Waals surface area contributed by atoms with Gasteiger partial charge in [0.15, 0.2) is 0 Å². The third-order valence-electron chi connectivity index (χ3n) is 5.00. The fraction of sp³-hybridized carbons (Fsp3) is 0.350. The highest BCUT2D eigenvalue weighted by Gasteiger charge is 2.39. The Morgan fingerprint density at radius 2 is 2.00 bits per heavy atom. The summed E-state index contributed by atoms with van der Waals surface area (Å²) in [7, 11) is 1.52. The van der Waals surface area contributed by atoms with Crippen LogP contribution < -0.4 is 9.64 Å². The second kappa shape index (κ2) is 7.60. The monoisotopic (exact) mass is 383 g/mol. The molecule has 2 aliphatic heterocycles. The van der Waals surface area contributed by atoms with Gasteiger partial charge in [-0.25, -0.2) is 4.98 Å². The van der Waals surface area contributed by atoms with Crippen molar-refractivity contribution in [2.24, 2.45) is 0 Å². The normalized spacial score (nSPS) is 22.6.